The van der Waals surface area contributed by atoms with Crippen LogP contribution in [0, 0.1) is 52.3 Å². The Morgan fingerprint density at radius 3 is 2.52 bits per heavy atom. The fourth-order valence-electron chi connectivity index (χ4n) is 9.20. The number of carbonyl (C=O) groups is 2. The van der Waals surface area contributed by atoms with E-state index < -0.39 is 0 Å². The molecular formula is C28H46O5. The Bertz CT molecular complexity index is 736. The summed E-state index contributed by atoms with van der Waals surface area (Å²) in [6.07, 6.45) is 9.37. The van der Waals surface area contributed by atoms with Crippen molar-refractivity contribution in [3.05, 3.63) is 0 Å². The van der Waals surface area contributed by atoms with E-state index in [0.29, 0.717) is 54.5 Å². The zero-order valence-electron chi connectivity index (χ0n) is 21.7. The molecule has 33 heavy (non-hydrogen) atoms. The van der Waals surface area contributed by atoms with Crippen molar-refractivity contribution in [2.24, 2.45) is 52.3 Å². The van der Waals surface area contributed by atoms with Crippen molar-refractivity contribution < 1.29 is 23.8 Å². The fourth-order valence-corrected chi connectivity index (χ4v) is 9.20. The minimum atomic E-state index is -0.0965. The van der Waals surface area contributed by atoms with Crippen LogP contribution in [0.3, 0.4) is 0 Å². The van der Waals surface area contributed by atoms with Crippen LogP contribution in [0.2, 0.25) is 0 Å². The summed E-state index contributed by atoms with van der Waals surface area (Å²) in [5.41, 5.74) is 0.387. The average Bonchev–Trinajstić information content (AvgIpc) is 3.14. The lowest BCUT2D eigenvalue weighted by Crippen LogP contribution is -2.59. The van der Waals surface area contributed by atoms with E-state index in [1.54, 1.807) is 7.11 Å². The molecule has 5 nitrogen and oxygen atoms in total. The molecule has 0 aromatic heterocycles. The topological polar surface area (TPSA) is 61.8 Å². The van der Waals surface area contributed by atoms with Crippen molar-refractivity contribution in [1.29, 1.82) is 0 Å². The highest BCUT2D eigenvalue weighted by Crippen LogP contribution is 2.68. The van der Waals surface area contributed by atoms with Crippen LogP contribution in [0.1, 0.15) is 85.5 Å². The summed E-state index contributed by atoms with van der Waals surface area (Å²) >= 11 is 0. The number of ketones is 1. The average molecular weight is 463 g/mol. The molecule has 0 heterocycles. The molecule has 0 bridgehead atoms. The van der Waals surface area contributed by atoms with Crippen molar-refractivity contribution >= 4 is 11.8 Å². The molecule has 0 aromatic rings. The third-order valence-electron chi connectivity index (χ3n) is 11.0. The normalized spacial score (nSPS) is 45.6. The molecule has 10 atom stereocenters. The maximum atomic E-state index is 12.9. The van der Waals surface area contributed by atoms with Gasteiger partial charge >= 0.3 is 5.97 Å². The third-order valence-corrected chi connectivity index (χ3v) is 11.0. The molecule has 0 aliphatic heterocycles. The first-order chi connectivity index (χ1) is 15.7. The minimum absolute atomic E-state index is 0.0965. The second-order valence-corrected chi connectivity index (χ2v) is 12.4. The van der Waals surface area contributed by atoms with Gasteiger partial charge in [0.05, 0.1) is 13.2 Å². The van der Waals surface area contributed by atoms with Gasteiger partial charge in [-0.1, -0.05) is 27.7 Å². The van der Waals surface area contributed by atoms with E-state index in [1.807, 2.05) is 0 Å². The van der Waals surface area contributed by atoms with Crippen LogP contribution < -0.4 is 0 Å². The van der Waals surface area contributed by atoms with Gasteiger partial charge in [-0.05, 0) is 91.3 Å². The first kappa shape index (κ1) is 25.2. The number of hydrogen-bond donors (Lipinski definition) is 0. The van der Waals surface area contributed by atoms with Crippen molar-refractivity contribution in [3.8, 4) is 0 Å². The Labute approximate surface area is 200 Å². The van der Waals surface area contributed by atoms with E-state index in [1.165, 1.54) is 32.8 Å². The smallest absolute Gasteiger partial charge is 0.305 e. The van der Waals surface area contributed by atoms with Crippen molar-refractivity contribution in [1.82, 2.24) is 0 Å². The molecule has 0 N–H and O–H groups in total. The fraction of sp³-hybridized carbons (Fsp3) is 0.929. The molecule has 0 aromatic carbocycles. The van der Waals surface area contributed by atoms with Gasteiger partial charge in [-0.3, -0.25) is 9.59 Å². The van der Waals surface area contributed by atoms with E-state index in [-0.39, 0.29) is 28.8 Å². The Kier molecular flexibility index (Phi) is 7.32. The molecule has 4 fully saturated rings. The number of rotatable bonds is 7. The Morgan fingerprint density at radius 2 is 1.82 bits per heavy atom. The highest BCUT2D eigenvalue weighted by atomic mass is 16.7. The van der Waals surface area contributed by atoms with Crippen LogP contribution in [0.15, 0.2) is 0 Å². The van der Waals surface area contributed by atoms with Gasteiger partial charge in [0.1, 0.15) is 12.6 Å². The summed E-state index contributed by atoms with van der Waals surface area (Å²) < 4.78 is 16.7. The van der Waals surface area contributed by atoms with Crippen LogP contribution in [0.4, 0.5) is 0 Å². The van der Waals surface area contributed by atoms with Crippen LogP contribution in [0.25, 0.3) is 0 Å². The van der Waals surface area contributed by atoms with E-state index in [4.69, 9.17) is 14.2 Å². The van der Waals surface area contributed by atoms with Crippen LogP contribution in [-0.4, -0.2) is 38.9 Å². The van der Waals surface area contributed by atoms with Crippen molar-refractivity contribution in [2.75, 3.05) is 21.0 Å². The van der Waals surface area contributed by atoms with Crippen LogP contribution in [-0.2, 0) is 23.8 Å². The summed E-state index contributed by atoms with van der Waals surface area (Å²) in [6, 6.07) is 0. The zero-order chi connectivity index (χ0) is 24.0. The maximum Gasteiger partial charge on any atom is 0.305 e. The number of fused-ring (bicyclic) bond motifs is 5. The molecule has 4 aliphatic carbocycles. The summed E-state index contributed by atoms with van der Waals surface area (Å²) in [5, 5.41) is 0. The molecule has 0 saturated heterocycles. The summed E-state index contributed by atoms with van der Waals surface area (Å²) in [6.45, 7) is 9.77. The van der Waals surface area contributed by atoms with Crippen LogP contribution >= 0.6 is 0 Å². The lowest BCUT2D eigenvalue weighted by Gasteiger charge is -2.62. The Balaban J connectivity index is 1.59. The van der Waals surface area contributed by atoms with E-state index >= 15 is 0 Å². The SMILES string of the molecule is COCOC1C[C@@H]2C[C@@H](C)C(=O)C[C@]2(C)C2CC[C@@]3(C)C(CC[C@@H]3[C@H](C)CCC(=O)OC)C12. The number of esters is 1. The second-order valence-electron chi connectivity index (χ2n) is 12.4. The predicted octanol–water partition coefficient (Wildman–Crippen LogP) is 5.65. The lowest BCUT2D eigenvalue weighted by molar-refractivity contribution is -0.204. The number of ether oxygens (including phenoxy) is 3. The highest BCUT2D eigenvalue weighted by molar-refractivity contribution is 5.82. The molecule has 4 rings (SSSR count). The lowest BCUT2D eigenvalue weighted by atomic mass is 9.43. The number of hydrogen-bond acceptors (Lipinski definition) is 5. The molecule has 0 spiro atoms. The predicted molar refractivity (Wildman–Crippen MR) is 127 cm³/mol. The third kappa shape index (κ3) is 4.30. The van der Waals surface area contributed by atoms with Gasteiger partial charge in [-0.2, -0.15) is 0 Å². The van der Waals surface area contributed by atoms with E-state index in [2.05, 4.69) is 27.7 Å². The molecule has 188 valence electrons. The minimum Gasteiger partial charge on any atom is -0.469 e. The highest BCUT2D eigenvalue weighted by Gasteiger charge is 2.63. The second kappa shape index (κ2) is 9.60. The van der Waals surface area contributed by atoms with Crippen molar-refractivity contribution in [2.45, 2.75) is 91.6 Å². The molecule has 4 unspecified atom stereocenters. The van der Waals surface area contributed by atoms with E-state index in [9.17, 15) is 9.59 Å². The monoisotopic (exact) mass is 462 g/mol. The van der Waals surface area contributed by atoms with Gasteiger partial charge in [0.15, 0.2) is 0 Å². The first-order valence-corrected chi connectivity index (χ1v) is 13.4. The number of methoxy groups -OCH3 is 2. The number of carbonyl (C=O) groups excluding carboxylic acids is 2. The summed E-state index contributed by atoms with van der Waals surface area (Å²) in [5.74, 6) is 3.94. The van der Waals surface area contributed by atoms with Crippen LogP contribution in [0.5, 0.6) is 0 Å². The Hall–Kier alpha value is -0.940. The van der Waals surface area contributed by atoms with Gasteiger partial charge in [-0.15, -0.1) is 0 Å². The van der Waals surface area contributed by atoms with Gasteiger partial charge in [-0.25, -0.2) is 0 Å². The zero-order valence-corrected chi connectivity index (χ0v) is 21.7. The van der Waals surface area contributed by atoms with Gasteiger partial charge in [0.2, 0.25) is 0 Å². The quantitative estimate of drug-likeness (QED) is 0.361. The molecule has 5 heteroatoms. The summed E-state index contributed by atoms with van der Waals surface area (Å²) in [7, 11) is 3.19. The van der Waals surface area contributed by atoms with Gasteiger partial charge in [0.25, 0.3) is 0 Å². The number of Topliss-reactive ketones (excluding diaryl/α,β-unsaturated/α-hetero) is 1. The maximum absolute atomic E-state index is 12.9. The molecule has 0 radical (unpaired) electrons. The largest absolute Gasteiger partial charge is 0.469 e. The standard InChI is InChI=1S/C28H46O5/c1-17(7-10-25(30)32-6)20-8-9-21-26-22(11-12-27(20,21)3)28(4)15-23(29)18(2)13-19(28)14-24(26)33-16-31-5/h17-22,24,26H,7-16H2,1-6H3/t17-,18-,19+,20-,21?,22?,24?,26?,27-,28+/m1/s1. The first-order valence-electron chi connectivity index (χ1n) is 13.4. The Morgan fingerprint density at radius 1 is 1.09 bits per heavy atom. The van der Waals surface area contributed by atoms with E-state index in [0.717, 1.165) is 25.7 Å². The molecular weight excluding hydrogens is 416 g/mol. The molecule has 4 aliphatic rings. The molecule has 0 amide bonds. The van der Waals surface area contributed by atoms with Crippen molar-refractivity contribution in [3.63, 3.8) is 0 Å². The molecule has 4 saturated carbocycles. The van der Waals surface area contributed by atoms with Gasteiger partial charge < -0.3 is 14.2 Å². The van der Waals surface area contributed by atoms with Gasteiger partial charge in [0, 0.05) is 25.9 Å². The summed E-state index contributed by atoms with van der Waals surface area (Å²) in [4.78, 5) is 24.6.